The Morgan fingerprint density at radius 2 is 1.94 bits per heavy atom. The number of nitrogens with one attached hydrogen (secondary N) is 1. The number of anilines is 1. The second kappa shape index (κ2) is 7.98. The van der Waals surface area contributed by atoms with Crippen molar-refractivity contribution in [2.45, 2.75) is 19.3 Å². The Kier molecular flexibility index (Phi) is 6.97. The summed E-state index contributed by atoms with van der Waals surface area (Å²) in [5.41, 5.74) is 0. The first-order valence-electron chi connectivity index (χ1n) is 5.39. The Balaban J connectivity index is 2.34. The Hall–Kier alpha value is -0.220. The van der Waals surface area contributed by atoms with Crippen molar-refractivity contribution in [3.63, 3.8) is 0 Å². The van der Waals surface area contributed by atoms with E-state index in [-0.39, 0.29) is 5.15 Å². The fourth-order valence-corrected chi connectivity index (χ4v) is 1.89. The van der Waals surface area contributed by atoms with E-state index >= 15 is 0 Å². The van der Waals surface area contributed by atoms with Gasteiger partial charge < -0.3 is 10.1 Å². The molecule has 1 heterocycles. The number of ether oxygens (including phenoxy) is 1. The number of hydrogen-bond donors (Lipinski definition) is 1. The van der Waals surface area contributed by atoms with Gasteiger partial charge in [-0.25, -0.2) is 4.98 Å². The molecule has 6 heteroatoms. The molecule has 0 unspecified atom stereocenters. The highest BCUT2D eigenvalue weighted by Gasteiger charge is 2.06. The maximum Gasteiger partial charge on any atom is 0.150 e. The van der Waals surface area contributed by atoms with E-state index in [0.29, 0.717) is 15.9 Å². The molecule has 0 amide bonds. The molecule has 0 bridgehead atoms. The van der Waals surface area contributed by atoms with Gasteiger partial charge in [0.25, 0.3) is 0 Å². The summed E-state index contributed by atoms with van der Waals surface area (Å²) in [6.07, 6.45) is 3.18. The summed E-state index contributed by atoms with van der Waals surface area (Å²) in [6.45, 7) is 1.60. The summed E-state index contributed by atoms with van der Waals surface area (Å²) >= 11 is 17.6. The van der Waals surface area contributed by atoms with E-state index in [2.05, 4.69) is 10.3 Å². The van der Waals surface area contributed by atoms with Crippen LogP contribution in [0, 0.1) is 0 Å². The molecule has 0 saturated carbocycles. The fourth-order valence-electron chi connectivity index (χ4n) is 1.32. The Morgan fingerprint density at radius 1 is 1.18 bits per heavy atom. The number of nitrogens with zero attached hydrogens (tertiary/aromatic N) is 1. The monoisotopic (exact) mass is 296 g/mol. The van der Waals surface area contributed by atoms with Gasteiger partial charge in [0.15, 0.2) is 0 Å². The van der Waals surface area contributed by atoms with Crippen LogP contribution in [0.1, 0.15) is 19.3 Å². The summed E-state index contributed by atoms with van der Waals surface area (Å²) in [7, 11) is 1.71. The van der Waals surface area contributed by atoms with Crippen LogP contribution in [0.25, 0.3) is 0 Å². The van der Waals surface area contributed by atoms with Crippen LogP contribution in [0.3, 0.4) is 0 Å². The lowest BCUT2D eigenvalue weighted by molar-refractivity contribution is 0.192. The first-order chi connectivity index (χ1) is 8.15. The van der Waals surface area contributed by atoms with Crippen LogP contribution in [0.4, 0.5) is 5.82 Å². The van der Waals surface area contributed by atoms with Gasteiger partial charge in [-0.1, -0.05) is 34.8 Å². The molecular formula is C11H15Cl3N2O. The van der Waals surface area contributed by atoms with E-state index in [1.807, 2.05) is 0 Å². The summed E-state index contributed by atoms with van der Waals surface area (Å²) in [5.74, 6) is 0.577. The van der Waals surface area contributed by atoms with Crippen LogP contribution in [0.5, 0.6) is 0 Å². The van der Waals surface area contributed by atoms with E-state index in [4.69, 9.17) is 39.5 Å². The van der Waals surface area contributed by atoms with Gasteiger partial charge in [-0.2, -0.15) is 0 Å². The third-order valence-corrected chi connectivity index (χ3v) is 3.17. The molecule has 0 fully saturated rings. The van der Waals surface area contributed by atoms with Crippen molar-refractivity contribution in [3.8, 4) is 0 Å². The summed E-state index contributed by atoms with van der Waals surface area (Å²) in [4.78, 5) is 4.07. The minimum absolute atomic E-state index is 0.262. The number of methoxy groups -OCH3 is 1. The van der Waals surface area contributed by atoms with E-state index in [0.717, 1.165) is 32.4 Å². The van der Waals surface area contributed by atoms with Gasteiger partial charge in [-0.3, -0.25) is 0 Å². The van der Waals surface area contributed by atoms with Crippen molar-refractivity contribution in [1.82, 2.24) is 4.98 Å². The lowest BCUT2D eigenvalue weighted by Gasteiger charge is -2.08. The molecule has 0 radical (unpaired) electrons. The molecule has 0 aliphatic heterocycles. The van der Waals surface area contributed by atoms with Gasteiger partial charge in [-0.15, -0.1) is 0 Å². The molecule has 3 nitrogen and oxygen atoms in total. The number of aromatic nitrogens is 1. The number of hydrogen-bond acceptors (Lipinski definition) is 3. The van der Waals surface area contributed by atoms with Gasteiger partial charge in [0.05, 0.1) is 10.0 Å². The van der Waals surface area contributed by atoms with Crippen molar-refractivity contribution in [2.75, 3.05) is 25.6 Å². The standard InChI is InChI=1S/C11H15Cl3N2O/c1-17-6-4-2-3-5-15-11-9(13)7-8(12)10(14)16-11/h7H,2-6H2,1H3,(H,15,16). The molecule has 96 valence electrons. The molecule has 0 aliphatic rings. The highest BCUT2D eigenvalue weighted by Crippen LogP contribution is 2.28. The second-order valence-electron chi connectivity index (χ2n) is 3.57. The number of unbranched alkanes of at least 4 members (excludes halogenated alkanes) is 2. The van der Waals surface area contributed by atoms with Gasteiger partial charge in [0.2, 0.25) is 0 Å². The molecule has 1 rings (SSSR count). The van der Waals surface area contributed by atoms with Crippen molar-refractivity contribution in [1.29, 1.82) is 0 Å². The fraction of sp³-hybridized carbons (Fsp3) is 0.545. The second-order valence-corrected chi connectivity index (χ2v) is 4.74. The first kappa shape index (κ1) is 14.8. The van der Waals surface area contributed by atoms with Gasteiger partial charge in [0.1, 0.15) is 11.0 Å². The first-order valence-corrected chi connectivity index (χ1v) is 6.53. The molecule has 17 heavy (non-hydrogen) atoms. The molecule has 1 aromatic rings. The zero-order valence-electron chi connectivity index (χ0n) is 9.60. The maximum absolute atomic E-state index is 5.98. The van der Waals surface area contributed by atoms with Crippen LogP contribution in [-0.4, -0.2) is 25.2 Å². The SMILES string of the molecule is COCCCCCNc1nc(Cl)c(Cl)cc1Cl. The number of pyridine rings is 1. The molecule has 0 aromatic carbocycles. The van der Waals surface area contributed by atoms with Crippen LogP contribution in [0.2, 0.25) is 15.2 Å². The molecular weight excluding hydrogens is 282 g/mol. The highest BCUT2D eigenvalue weighted by atomic mass is 35.5. The van der Waals surface area contributed by atoms with Crippen molar-refractivity contribution in [2.24, 2.45) is 0 Å². The quantitative estimate of drug-likeness (QED) is 0.603. The third kappa shape index (κ3) is 5.30. The lowest BCUT2D eigenvalue weighted by atomic mass is 10.2. The average molecular weight is 298 g/mol. The Morgan fingerprint density at radius 3 is 2.65 bits per heavy atom. The topological polar surface area (TPSA) is 34.1 Å². The minimum atomic E-state index is 0.262. The maximum atomic E-state index is 5.98. The number of rotatable bonds is 7. The summed E-state index contributed by atoms with van der Waals surface area (Å²) < 4.78 is 4.97. The van der Waals surface area contributed by atoms with Crippen LogP contribution < -0.4 is 5.32 Å². The van der Waals surface area contributed by atoms with E-state index in [1.54, 1.807) is 13.2 Å². The molecule has 1 aromatic heterocycles. The zero-order valence-corrected chi connectivity index (χ0v) is 11.9. The van der Waals surface area contributed by atoms with Crippen LogP contribution in [-0.2, 0) is 4.74 Å². The molecule has 0 aliphatic carbocycles. The van der Waals surface area contributed by atoms with Gasteiger partial charge in [0, 0.05) is 20.3 Å². The highest BCUT2D eigenvalue weighted by molar-refractivity contribution is 6.42. The molecule has 0 atom stereocenters. The minimum Gasteiger partial charge on any atom is -0.385 e. The van der Waals surface area contributed by atoms with E-state index < -0.39 is 0 Å². The lowest BCUT2D eigenvalue weighted by Crippen LogP contribution is -2.04. The largest absolute Gasteiger partial charge is 0.385 e. The predicted molar refractivity (Wildman–Crippen MR) is 73.5 cm³/mol. The Bertz CT molecular complexity index is 361. The molecule has 0 spiro atoms. The van der Waals surface area contributed by atoms with Gasteiger partial charge >= 0.3 is 0 Å². The normalized spacial score (nSPS) is 10.6. The predicted octanol–water partition coefficient (Wildman–Crippen LogP) is 4.27. The summed E-state index contributed by atoms with van der Waals surface area (Å²) in [5, 5.41) is 4.24. The van der Waals surface area contributed by atoms with E-state index in [9.17, 15) is 0 Å². The Labute approximate surface area is 116 Å². The van der Waals surface area contributed by atoms with E-state index in [1.165, 1.54) is 0 Å². The smallest absolute Gasteiger partial charge is 0.150 e. The van der Waals surface area contributed by atoms with Crippen molar-refractivity contribution < 1.29 is 4.74 Å². The molecule has 0 saturated heterocycles. The zero-order chi connectivity index (χ0) is 12.7. The van der Waals surface area contributed by atoms with Crippen molar-refractivity contribution in [3.05, 3.63) is 21.3 Å². The van der Waals surface area contributed by atoms with Crippen LogP contribution in [0.15, 0.2) is 6.07 Å². The summed E-state index contributed by atoms with van der Waals surface area (Å²) in [6, 6.07) is 1.59. The average Bonchev–Trinajstić information content (AvgIpc) is 2.30. The molecule has 1 N–H and O–H groups in total. The van der Waals surface area contributed by atoms with Gasteiger partial charge in [-0.05, 0) is 25.3 Å². The van der Waals surface area contributed by atoms with Crippen molar-refractivity contribution >= 4 is 40.6 Å². The number of halogens is 3. The third-order valence-electron chi connectivity index (χ3n) is 2.20. The van der Waals surface area contributed by atoms with Crippen LogP contribution >= 0.6 is 34.8 Å².